The fourth-order valence-electron chi connectivity index (χ4n) is 7.63. The van der Waals surface area contributed by atoms with E-state index >= 15 is 0 Å². The molecule has 0 aromatic rings. The summed E-state index contributed by atoms with van der Waals surface area (Å²) < 4.78 is 0. The molecule has 2 aliphatic rings. The molecule has 0 aromatic heterocycles. The smallest absolute Gasteiger partial charge is 0.0503 e. The molecule has 240 valence electrons. The lowest BCUT2D eigenvalue weighted by Crippen LogP contribution is -2.47. The molecular formula is C39H69N3. The Morgan fingerprint density at radius 1 is 0.762 bits per heavy atom. The molecule has 0 bridgehead atoms. The van der Waals surface area contributed by atoms with Crippen molar-refractivity contribution in [1.82, 2.24) is 16.0 Å². The van der Waals surface area contributed by atoms with E-state index in [0.29, 0.717) is 35.9 Å². The van der Waals surface area contributed by atoms with Crippen molar-refractivity contribution in [3.63, 3.8) is 0 Å². The first kappa shape index (κ1) is 36.6. The number of nitrogens with one attached hydrogen (secondary N) is 3. The third-order valence-electron chi connectivity index (χ3n) is 9.99. The molecule has 2 rings (SSSR count). The molecule has 42 heavy (non-hydrogen) atoms. The zero-order valence-corrected chi connectivity index (χ0v) is 28.7. The number of rotatable bonds is 20. The molecule has 0 radical (unpaired) electrons. The van der Waals surface area contributed by atoms with Crippen LogP contribution >= 0.6 is 0 Å². The highest BCUT2D eigenvalue weighted by molar-refractivity contribution is 5.14. The van der Waals surface area contributed by atoms with Gasteiger partial charge in [0, 0.05) is 30.4 Å². The van der Waals surface area contributed by atoms with E-state index in [1.807, 2.05) is 0 Å². The van der Waals surface area contributed by atoms with Crippen LogP contribution in [0.25, 0.3) is 0 Å². The molecular weight excluding hydrogens is 510 g/mol. The highest BCUT2D eigenvalue weighted by Crippen LogP contribution is 2.37. The van der Waals surface area contributed by atoms with Gasteiger partial charge in [0.25, 0.3) is 0 Å². The highest BCUT2D eigenvalue weighted by Gasteiger charge is 2.32. The molecule has 0 aromatic carbocycles. The van der Waals surface area contributed by atoms with Gasteiger partial charge in [0.15, 0.2) is 0 Å². The molecule has 3 nitrogen and oxygen atoms in total. The summed E-state index contributed by atoms with van der Waals surface area (Å²) in [4.78, 5) is 0. The Labute approximate surface area is 262 Å². The fourth-order valence-corrected chi connectivity index (χ4v) is 7.63. The molecule has 0 heterocycles. The van der Waals surface area contributed by atoms with Gasteiger partial charge >= 0.3 is 0 Å². The van der Waals surface area contributed by atoms with Gasteiger partial charge in [0.05, 0.1) is 6.04 Å². The first-order chi connectivity index (χ1) is 20.1. The van der Waals surface area contributed by atoms with Crippen molar-refractivity contribution >= 4 is 0 Å². The molecule has 0 spiro atoms. The second-order valence-corrected chi connectivity index (χ2v) is 14.1. The number of likely N-dealkylation sites (N-methyl/N-ethyl adjacent to an activating group) is 1. The van der Waals surface area contributed by atoms with Gasteiger partial charge in [0.1, 0.15) is 0 Å². The van der Waals surface area contributed by atoms with Crippen LogP contribution in [0.15, 0.2) is 60.9 Å². The summed E-state index contributed by atoms with van der Waals surface area (Å²) in [5.74, 6) is 2.86. The minimum Gasteiger partial charge on any atom is -0.388 e. The summed E-state index contributed by atoms with van der Waals surface area (Å²) in [6, 6.07) is 1.71. The minimum atomic E-state index is 0.277. The average molecular weight is 580 g/mol. The summed E-state index contributed by atoms with van der Waals surface area (Å²) in [6.07, 6.45) is 21.6. The van der Waals surface area contributed by atoms with E-state index < -0.39 is 0 Å². The monoisotopic (exact) mass is 580 g/mol. The summed E-state index contributed by atoms with van der Waals surface area (Å²) >= 11 is 0. The third kappa shape index (κ3) is 12.6. The summed E-state index contributed by atoms with van der Waals surface area (Å²) in [5.41, 5.74) is 5.19. The van der Waals surface area contributed by atoms with Crippen LogP contribution in [0.3, 0.4) is 0 Å². The second-order valence-electron chi connectivity index (χ2n) is 14.1. The second kappa shape index (κ2) is 19.6. The van der Waals surface area contributed by atoms with Crippen LogP contribution in [0.5, 0.6) is 0 Å². The maximum absolute atomic E-state index is 4.50. The Bertz CT molecular complexity index is 869. The van der Waals surface area contributed by atoms with Crippen LogP contribution in [0.1, 0.15) is 131 Å². The number of allylic oxidation sites excluding steroid dienone is 1. The third-order valence-corrected chi connectivity index (χ3v) is 9.99. The summed E-state index contributed by atoms with van der Waals surface area (Å²) in [7, 11) is 0. The van der Waals surface area contributed by atoms with Gasteiger partial charge in [-0.3, -0.25) is 0 Å². The largest absolute Gasteiger partial charge is 0.388 e. The maximum Gasteiger partial charge on any atom is 0.0503 e. The predicted molar refractivity (Wildman–Crippen MR) is 188 cm³/mol. The molecule has 1 saturated carbocycles. The van der Waals surface area contributed by atoms with Gasteiger partial charge in [0.2, 0.25) is 0 Å². The van der Waals surface area contributed by atoms with E-state index in [1.165, 1.54) is 55.2 Å². The van der Waals surface area contributed by atoms with E-state index in [9.17, 15) is 0 Å². The number of hydrogen-bond acceptors (Lipinski definition) is 3. The van der Waals surface area contributed by atoms with Crippen LogP contribution in [-0.2, 0) is 0 Å². The van der Waals surface area contributed by atoms with Crippen molar-refractivity contribution in [3.05, 3.63) is 60.9 Å². The van der Waals surface area contributed by atoms with Crippen molar-refractivity contribution in [3.8, 4) is 0 Å². The van der Waals surface area contributed by atoms with Crippen LogP contribution < -0.4 is 16.0 Å². The summed E-state index contributed by atoms with van der Waals surface area (Å²) in [6.45, 7) is 32.4. The van der Waals surface area contributed by atoms with Gasteiger partial charge < -0.3 is 16.0 Å². The van der Waals surface area contributed by atoms with Crippen LogP contribution in [0, 0.1) is 23.7 Å². The molecule has 0 saturated heterocycles. The first-order valence-electron chi connectivity index (χ1n) is 17.7. The van der Waals surface area contributed by atoms with Gasteiger partial charge in [-0.2, -0.15) is 0 Å². The van der Waals surface area contributed by atoms with Crippen LogP contribution in [0.4, 0.5) is 0 Å². The Hall–Kier alpha value is -1.58. The fraction of sp³-hybridized carbons (Fsp3) is 0.744. The van der Waals surface area contributed by atoms with Crippen molar-refractivity contribution in [1.29, 1.82) is 0 Å². The van der Waals surface area contributed by atoms with E-state index in [0.717, 1.165) is 69.5 Å². The van der Waals surface area contributed by atoms with Gasteiger partial charge in [-0.1, -0.05) is 109 Å². The molecule has 0 amide bonds. The number of hydrogen-bond donors (Lipinski definition) is 3. The molecule has 8 atom stereocenters. The van der Waals surface area contributed by atoms with Crippen molar-refractivity contribution in [2.75, 3.05) is 6.54 Å². The van der Waals surface area contributed by atoms with Crippen LogP contribution in [0.2, 0.25) is 0 Å². The Morgan fingerprint density at radius 2 is 1.36 bits per heavy atom. The lowest BCUT2D eigenvalue weighted by molar-refractivity contribution is 0.183. The maximum atomic E-state index is 4.50. The standard InChI is InChI=1S/C39H69N3/c1-11-16-28(5)23-38(30(7)18-13-3)41-36-20-15-19-34(25-31(36)8)27-35-21-22-37(32(9)26-35)42-39(33(10)40-14-4)24-29(6)17-12-2/h15,19,31-32,34-42H,5-7,10-14,16-18,20-27H2,1-4,8-9H3/t31-,32+,34-,35+,36+,37-,38-,39+/m0/s1. The lowest BCUT2D eigenvalue weighted by atomic mass is 9.74. The van der Waals surface area contributed by atoms with Gasteiger partial charge in [-0.15, -0.1) is 0 Å². The summed E-state index contributed by atoms with van der Waals surface area (Å²) in [5, 5.41) is 11.6. The lowest BCUT2D eigenvalue weighted by Gasteiger charge is -2.39. The van der Waals surface area contributed by atoms with Crippen molar-refractivity contribution in [2.24, 2.45) is 23.7 Å². The van der Waals surface area contributed by atoms with Gasteiger partial charge in [-0.05, 0) is 101 Å². The molecule has 3 heteroatoms. The van der Waals surface area contributed by atoms with E-state index in [-0.39, 0.29) is 6.04 Å². The van der Waals surface area contributed by atoms with Crippen LogP contribution in [-0.4, -0.2) is 30.7 Å². The Morgan fingerprint density at radius 3 is 1.95 bits per heavy atom. The highest BCUT2D eigenvalue weighted by atomic mass is 15.0. The van der Waals surface area contributed by atoms with E-state index in [1.54, 1.807) is 0 Å². The first-order valence-corrected chi connectivity index (χ1v) is 17.7. The zero-order valence-electron chi connectivity index (χ0n) is 28.7. The van der Waals surface area contributed by atoms with Gasteiger partial charge in [-0.25, -0.2) is 0 Å². The Balaban J connectivity index is 1.93. The molecule has 1 fully saturated rings. The van der Waals surface area contributed by atoms with E-state index in [2.05, 4.69) is 96.0 Å². The van der Waals surface area contributed by atoms with Crippen molar-refractivity contribution < 1.29 is 0 Å². The minimum absolute atomic E-state index is 0.277. The normalized spacial score (nSPS) is 27.6. The molecule has 2 aliphatic carbocycles. The molecule has 0 unspecified atom stereocenters. The van der Waals surface area contributed by atoms with Crippen molar-refractivity contribution in [2.45, 2.75) is 156 Å². The predicted octanol–water partition coefficient (Wildman–Crippen LogP) is 10.0. The molecule has 0 aliphatic heterocycles. The quantitative estimate of drug-likeness (QED) is 0.126. The topological polar surface area (TPSA) is 36.1 Å². The van der Waals surface area contributed by atoms with E-state index in [4.69, 9.17) is 0 Å². The molecule has 3 N–H and O–H groups in total. The average Bonchev–Trinajstić information content (AvgIpc) is 3.10. The SMILES string of the molecule is C=C(CCC)C[C@H](N[C@@H]1CC=C[C@H](C[C@@H]2CC[C@H](N[C@H](CC(=C)CCC)C(=C)NCC)[C@H](C)C2)C[C@@H]1C)C(=C)CCC. The zero-order chi connectivity index (χ0) is 31.1. The Kier molecular flexibility index (Phi) is 17.1.